The fraction of sp³-hybridized carbons (Fsp3) is 0.333. The van der Waals surface area contributed by atoms with Crippen molar-refractivity contribution in [1.29, 1.82) is 0 Å². The SMILES string of the molecule is C=C/C(=C\C)c1ccccc1.C=CC.CC.CC. The average Bonchev–Trinajstić information content (AvgIpc) is 2.47. The van der Waals surface area contributed by atoms with Crippen molar-refractivity contribution in [3.8, 4) is 0 Å². The van der Waals surface area contributed by atoms with Gasteiger partial charge in [-0.2, -0.15) is 0 Å². The van der Waals surface area contributed by atoms with Gasteiger partial charge in [0.25, 0.3) is 0 Å². The molecule has 0 aromatic heterocycles. The van der Waals surface area contributed by atoms with Crippen molar-refractivity contribution in [2.45, 2.75) is 41.5 Å². The summed E-state index contributed by atoms with van der Waals surface area (Å²) in [4.78, 5) is 0. The van der Waals surface area contributed by atoms with Gasteiger partial charge in [0.05, 0.1) is 0 Å². The molecule has 102 valence electrons. The minimum absolute atomic E-state index is 1.19. The molecule has 0 atom stereocenters. The van der Waals surface area contributed by atoms with Gasteiger partial charge in [0, 0.05) is 0 Å². The standard InChI is InChI=1S/C11H12.C3H6.2C2H6/c1-3-10(4-2)11-8-6-5-7-9-11;1-3-2;2*1-2/h3-9H,1H2,2H3;3H,1H2,2H3;2*1-2H3/b10-4+;;;. The van der Waals surface area contributed by atoms with Gasteiger partial charge in [-0.15, -0.1) is 6.58 Å². The van der Waals surface area contributed by atoms with Gasteiger partial charge in [-0.3, -0.25) is 0 Å². The molecule has 1 aromatic carbocycles. The normalized spacial score (nSPS) is 8.22. The summed E-state index contributed by atoms with van der Waals surface area (Å²) in [7, 11) is 0. The van der Waals surface area contributed by atoms with Crippen LogP contribution in [0.5, 0.6) is 0 Å². The highest BCUT2D eigenvalue weighted by atomic mass is 14.0. The van der Waals surface area contributed by atoms with Crippen LogP contribution in [-0.2, 0) is 0 Å². The molecular formula is C18H30. The van der Waals surface area contributed by atoms with E-state index >= 15 is 0 Å². The summed E-state index contributed by atoms with van der Waals surface area (Å²) in [6.45, 7) is 19.0. The lowest BCUT2D eigenvalue weighted by atomic mass is 10.1. The summed E-state index contributed by atoms with van der Waals surface area (Å²) in [5.41, 5.74) is 2.41. The second-order valence-corrected chi connectivity index (χ2v) is 2.72. The van der Waals surface area contributed by atoms with Gasteiger partial charge >= 0.3 is 0 Å². The molecule has 0 heteroatoms. The van der Waals surface area contributed by atoms with E-state index < -0.39 is 0 Å². The van der Waals surface area contributed by atoms with E-state index in [-0.39, 0.29) is 0 Å². The molecule has 0 aliphatic rings. The number of hydrogen-bond acceptors (Lipinski definition) is 0. The van der Waals surface area contributed by atoms with Gasteiger partial charge in [0.2, 0.25) is 0 Å². The smallest absolute Gasteiger partial charge is 0.0188 e. The van der Waals surface area contributed by atoms with E-state index in [0.29, 0.717) is 0 Å². The largest absolute Gasteiger partial charge is 0.103 e. The molecule has 0 nitrogen and oxygen atoms in total. The van der Waals surface area contributed by atoms with E-state index in [1.54, 1.807) is 6.08 Å². The van der Waals surface area contributed by atoms with Crippen LogP contribution in [0.1, 0.15) is 47.1 Å². The molecule has 0 heterocycles. The van der Waals surface area contributed by atoms with E-state index in [1.165, 1.54) is 11.1 Å². The minimum atomic E-state index is 1.19. The van der Waals surface area contributed by atoms with Crippen LogP contribution in [0.4, 0.5) is 0 Å². The first-order valence-electron chi connectivity index (χ1n) is 6.71. The lowest BCUT2D eigenvalue weighted by Gasteiger charge is -1.98. The third-order valence-electron chi connectivity index (χ3n) is 1.64. The highest BCUT2D eigenvalue weighted by Gasteiger charge is 1.91. The number of hydrogen-bond donors (Lipinski definition) is 0. The van der Waals surface area contributed by atoms with Crippen molar-refractivity contribution in [3.63, 3.8) is 0 Å². The van der Waals surface area contributed by atoms with Gasteiger partial charge in [-0.1, -0.05) is 82.8 Å². The third kappa shape index (κ3) is 12.5. The summed E-state index contributed by atoms with van der Waals surface area (Å²) in [6.07, 6.45) is 5.68. The Hall–Kier alpha value is -1.56. The monoisotopic (exact) mass is 246 g/mol. The second kappa shape index (κ2) is 20.8. The molecule has 18 heavy (non-hydrogen) atoms. The average molecular weight is 246 g/mol. The first-order chi connectivity index (χ1) is 8.79. The third-order valence-corrected chi connectivity index (χ3v) is 1.64. The molecule has 0 saturated heterocycles. The van der Waals surface area contributed by atoms with Gasteiger partial charge < -0.3 is 0 Å². The molecule has 0 radical (unpaired) electrons. The molecule has 0 bridgehead atoms. The molecule has 0 amide bonds. The summed E-state index contributed by atoms with van der Waals surface area (Å²) in [5.74, 6) is 0. The van der Waals surface area contributed by atoms with Gasteiger partial charge in [0.1, 0.15) is 0 Å². The van der Waals surface area contributed by atoms with Crippen LogP contribution in [0.15, 0.2) is 61.7 Å². The first kappa shape index (κ1) is 21.7. The van der Waals surface area contributed by atoms with Crippen LogP contribution >= 0.6 is 0 Å². The Balaban J connectivity index is -0.000000274. The van der Waals surface area contributed by atoms with Gasteiger partial charge in [0.15, 0.2) is 0 Å². The second-order valence-electron chi connectivity index (χ2n) is 2.72. The Labute approximate surface area is 115 Å². The maximum Gasteiger partial charge on any atom is -0.0188 e. The summed E-state index contributed by atoms with van der Waals surface area (Å²) < 4.78 is 0. The van der Waals surface area contributed by atoms with Gasteiger partial charge in [-0.05, 0) is 25.0 Å². The van der Waals surface area contributed by atoms with E-state index in [2.05, 4.69) is 31.4 Å². The van der Waals surface area contributed by atoms with Crippen molar-refractivity contribution < 1.29 is 0 Å². The first-order valence-corrected chi connectivity index (χ1v) is 6.71. The van der Waals surface area contributed by atoms with Crippen molar-refractivity contribution in [2.75, 3.05) is 0 Å². The Morgan fingerprint density at radius 1 is 0.889 bits per heavy atom. The maximum atomic E-state index is 3.74. The van der Waals surface area contributed by atoms with Crippen LogP contribution in [-0.4, -0.2) is 0 Å². The molecule has 0 N–H and O–H groups in total. The Morgan fingerprint density at radius 3 is 1.56 bits per heavy atom. The molecular weight excluding hydrogens is 216 g/mol. The predicted molar refractivity (Wildman–Crippen MR) is 88.9 cm³/mol. The van der Waals surface area contributed by atoms with E-state index in [0.717, 1.165) is 0 Å². The van der Waals surface area contributed by atoms with Crippen LogP contribution in [0.3, 0.4) is 0 Å². The Bertz CT molecular complexity index is 291. The number of rotatable bonds is 2. The zero-order valence-electron chi connectivity index (χ0n) is 13.0. The lowest BCUT2D eigenvalue weighted by Crippen LogP contribution is -1.76. The van der Waals surface area contributed by atoms with Crippen molar-refractivity contribution in [1.82, 2.24) is 0 Å². The lowest BCUT2D eigenvalue weighted by molar-refractivity contribution is 1.50. The molecule has 0 spiro atoms. The Kier molecular flexibility index (Phi) is 25.1. The van der Waals surface area contributed by atoms with Crippen LogP contribution in [0, 0.1) is 0 Å². The fourth-order valence-electron chi connectivity index (χ4n) is 1.03. The highest BCUT2D eigenvalue weighted by Crippen LogP contribution is 2.13. The minimum Gasteiger partial charge on any atom is -0.103 e. The van der Waals surface area contributed by atoms with E-state index in [1.807, 2.05) is 65.8 Å². The topological polar surface area (TPSA) is 0 Å². The number of allylic oxidation sites excluding steroid dienone is 4. The van der Waals surface area contributed by atoms with E-state index in [4.69, 9.17) is 0 Å². The summed E-state index contributed by atoms with van der Waals surface area (Å²) in [6, 6.07) is 10.2. The molecule has 1 aromatic rings. The van der Waals surface area contributed by atoms with Crippen LogP contribution in [0.2, 0.25) is 0 Å². The van der Waals surface area contributed by atoms with Crippen molar-refractivity contribution in [3.05, 3.63) is 67.3 Å². The van der Waals surface area contributed by atoms with Crippen LogP contribution in [0.25, 0.3) is 5.57 Å². The molecule has 1 rings (SSSR count). The zero-order chi connectivity index (χ0) is 14.8. The van der Waals surface area contributed by atoms with Crippen molar-refractivity contribution in [2.24, 2.45) is 0 Å². The summed E-state index contributed by atoms with van der Waals surface area (Å²) >= 11 is 0. The molecule has 0 aliphatic carbocycles. The summed E-state index contributed by atoms with van der Waals surface area (Å²) in [5, 5.41) is 0. The molecule has 0 saturated carbocycles. The van der Waals surface area contributed by atoms with Crippen LogP contribution < -0.4 is 0 Å². The quantitative estimate of drug-likeness (QED) is 0.411. The molecule has 0 aliphatic heterocycles. The molecule has 0 fully saturated rings. The predicted octanol–water partition coefficient (Wildman–Crippen LogP) is 6.52. The van der Waals surface area contributed by atoms with Crippen molar-refractivity contribution >= 4 is 5.57 Å². The Morgan fingerprint density at radius 2 is 1.28 bits per heavy atom. The maximum absolute atomic E-state index is 3.74. The van der Waals surface area contributed by atoms with E-state index in [9.17, 15) is 0 Å². The fourth-order valence-corrected chi connectivity index (χ4v) is 1.03. The van der Waals surface area contributed by atoms with Gasteiger partial charge in [-0.25, -0.2) is 0 Å². The zero-order valence-corrected chi connectivity index (χ0v) is 13.0. The number of benzene rings is 1. The highest BCUT2D eigenvalue weighted by molar-refractivity contribution is 5.72. The molecule has 0 unspecified atom stereocenters.